The van der Waals surface area contributed by atoms with Crippen LogP contribution in [-0.4, -0.2) is 37.2 Å². The van der Waals surface area contributed by atoms with E-state index in [1.54, 1.807) is 0 Å². The molecule has 366 valence electrons. The van der Waals surface area contributed by atoms with Crippen LogP contribution in [0.25, 0.3) is 0 Å². The molecule has 1 atom stereocenters. The highest BCUT2D eigenvalue weighted by Gasteiger charge is 2.19. The topological polar surface area (TPSA) is 78.9 Å². The van der Waals surface area contributed by atoms with Crippen molar-refractivity contribution in [3.8, 4) is 0 Å². The van der Waals surface area contributed by atoms with Crippen LogP contribution < -0.4 is 0 Å². The van der Waals surface area contributed by atoms with E-state index in [1.807, 2.05) is 0 Å². The van der Waals surface area contributed by atoms with Gasteiger partial charge in [0, 0.05) is 19.3 Å². The molecular formula is C58H98O6. The zero-order chi connectivity index (χ0) is 46.5. The van der Waals surface area contributed by atoms with Crippen LogP contribution in [0.5, 0.6) is 0 Å². The Hall–Kier alpha value is -3.41. The van der Waals surface area contributed by atoms with Gasteiger partial charge in [-0.3, -0.25) is 14.4 Å². The zero-order valence-electron chi connectivity index (χ0n) is 41.8. The van der Waals surface area contributed by atoms with Crippen LogP contribution in [0.15, 0.2) is 85.1 Å². The molecule has 0 aromatic carbocycles. The van der Waals surface area contributed by atoms with Crippen molar-refractivity contribution in [2.24, 2.45) is 0 Å². The lowest BCUT2D eigenvalue weighted by atomic mass is 10.1. The van der Waals surface area contributed by atoms with Crippen LogP contribution in [-0.2, 0) is 28.6 Å². The molecule has 0 fully saturated rings. The maximum Gasteiger partial charge on any atom is 0.306 e. The molecule has 64 heavy (non-hydrogen) atoms. The monoisotopic (exact) mass is 891 g/mol. The summed E-state index contributed by atoms with van der Waals surface area (Å²) in [6, 6.07) is 0. The first-order chi connectivity index (χ1) is 31.5. The van der Waals surface area contributed by atoms with Crippen LogP contribution in [0, 0.1) is 0 Å². The summed E-state index contributed by atoms with van der Waals surface area (Å²) in [5.74, 6) is -0.909. The summed E-state index contributed by atoms with van der Waals surface area (Å²) in [6.45, 7) is 6.37. The van der Waals surface area contributed by atoms with Crippen molar-refractivity contribution in [1.29, 1.82) is 0 Å². The average Bonchev–Trinajstić information content (AvgIpc) is 3.29. The molecule has 0 spiro atoms. The minimum Gasteiger partial charge on any atom is -0.462 e. The predicted octanol–water partition coefficient (Wildman–Crippen LogP) is 17.6. The quantitative estimate of drug-likeness (QED) is 0.0262. The van der Waals surface area contributed by atoms with E-state index in [-0.39, 0.29) is 31.1 Å². The highest BCUT2D eigenvalue weighted by atomic mass is 16.6. The fraction of sp³-hybridized carbons (Fsp3) is 0.707. The van der Waals surface area contributed by atoms with Gasteiger partial charge in [-0.15, -0.1) is 0 Å². The number of allylic oxidation sites excluding steroid dienone is 14. The molecule has 1 unspecified atom stereocenters. The number of rotatable bonds is 47. The molecule has 6 heteroatoms. The second-order valence-electron chi connectivity index (χ2n) is 17.4. The minimum absolute atomic E-state index is 0.0840. The highest BCUT2D eigenvalue weighted by molar-refractivity contribution is 5.71. The van der Waals surface area contributed by atoms with Crippen LogP contribution in [0.3, 0.4) is 0 Å². The van der Waals surface area contributed by atoms with Gasteiger partial charge in [-0.25, -0.2) is 0 Å². The third-order valence-corrected chi connectivity index (χ3v) is 11.1. The van der Waals surface area contributed by atoms with Gasteiger partial charge < -0.3 is 14.2 Å². The number of ether oxygens (including phenoxy) is 3. The third kappa shape index (κ3) is 49.6. The second-order valence-corrected chi connectivity index (χ2v) is 17.4. The van der Waals surface area contributed by atoms with Gasteiger partial charge in [0.05, 0.1) is 0 Å². The van der Waals surface area contributed by atoms with E-state index < -0.39 is 6.10 Å². The minimum atomic E-state index is -0.784. The lowest BCUT2D eigenvalue weighted by molar-refractivity contribution is -0.167. The van der Waals surface area contributed by atoms with Crippen molar-refractivity contribution in [2.75, 3.05) is 13.2 Å². The largest absolute Gasteiger partial charge is 0.462 e. The van der Waals surface area contributed by atoms with E-state index in [0.29, 0.717) is 19.3 Å². The van der Waals surface area contributed by atoms with Gasteiger partial charge in [0.1, 0.15) is 13.2 Å². The van der Waals surface area contributed by atoms with Crippen molar-refractivity contribution in [3.05, 3.63) is 85.1 Å². The molecule has 0 N–H and O–H groups in total. The van der Waals surface area contributed by atoms with Gasteiger partial charge in [0.2, 0.25) is 0 Å². The summed E-state index contributed by atoms with van der Waals surface area (Å²) in [5, 5.41) is 0. The Labute approximate surface area is 395 Å². The van der Waals surface area contributed by atoms with Crippen molar-refractivity contribution in [3.63, 3.8) is 0 Å². The molecule has 0 aromatic heterocycles. The molecule has 0 saturated heterocycles. The first-order valence-electron chi connectivity index (χ1n) is 26.6. The number of carbonyl (C=O) groups is 3. The Bertz CT molecular complexity index is 1250. The molecule has 0 rings (SSSR count). The van der Waals surface area contributed by atoms with Crippen molar-refractivity contribution >= 4 is 17.9 Å². The first kappa shape index (κ1) is 60.6. The summed E-state index contributed by atoms with van der Waals surface area (Å²) >= 11 is 0. The Balaban J connectivity index is 4.26. The average molecular weight is 891 g/mol. The number of hydrogen-bond donors (Lipinski definition) is 0. The molecule has 0 aliphatic rings. The molecule has 0 aromatic rings. The van der Waals surface area contributed by atoms with Gasteiger partial charge >= 0.3 is 17.9 Å². The van der Waals surface area contributed by atoms with Crippen LogP contribution in [0.4, 0.5) is 0 Å². The van der Waals surface area contributed by atoms with E-state index >= 15 is 0 Å². The molecule has 0 saturated carbocycles. The Kier molecular flexibility index (Phi) is 49.4. The van der Waals surface area contributed by atoms with Crippen molar-refractivity contribution in [1.82, 2.24) is 0 Å². The Morgan fingerprint density at radius 2 is 0.609 bits per heavy atom. The number of esters is 3. The second kappa shape index (κ2) is 52.2. The van der Waals surface area contributed by atoms with Gasteiger partial charge in [-0.05, 0) is 89.9 Å². The fourth-order valence-electron chi connectivity index (χ4n) is 7.21. The van der Waals surface area contributed by atoms with E-state index in [0.717, 1.165) is 122 Å². The number of carbonyl (C=O) groups excluding carboxylic acids is 3. The van der Waals surface area contributed by atoms with Gasteiger partial charge in [0.15, 0.2) is 6.10 Å². The lowest BCUT2D eigenvalue weighted by Crippen LogP contribution is -2.30. The Morgan fingerprint density at radius 1 is 0.328 bits per heavy atom. The molecular weight excluding hydrogens is 793 g/mol. The SMILES string of the molecule is CC/C=C\C/C=C\C/C=C\C/C=C\CCCCCCCCCCCCC(=O)OCC(COC(=O)CCCCCCCCCC)OC(=O)CCCCCCC/C=C\C/C=C\C/C=C\CC. The van der Waals surface area contributed by atoms with E-state index in [9.17, 15) is 14.4 Å². The van der Waals surface area contributed by atoms with E-state index in [1.165, 1.54) is 83.5 Å². The third-order valence-electron chi connectivity index (χ3n) is 11.1. The van der Waals surface area contributed by atoms with Crippen molar-refractivity contribution < 1.29 is 28.6 Å². The molecule has 0 radical (unpaired) electrons. The maximum absolute atomic E-state index is 12.8. The summed E-state index contributed by atoms with van der Waals surface area (Å²) in [4.78, 5) is 37.9. The number of hydrogen-bond acceptors (Lipinski definition) is 6. The summed E-state index contributed by atoms with van der Waals surface area (Å²) in [6.07, 6.45) is 67.2. The van der Waals surface area contributed by atoms with Gasteiger partial charge in [-0.2, -0.15) is 0 Å². The van der Waals surface area contributed by atoms with Crippen LogP contribution >= 0.6 is 0 Å². The van der Waals surface area contributed by atoms with Crippen molar-refractivity contribution in [2.45, 2.75) is 252 Å². The summed E-state index contributed by atoms with van der Waals surface area (Å²) in [7, 11) is 0. The van der Waals surface area contributed by atoms with Crippen LogP contribution in [0.2, 0.25) is 0 Å². The zero-order valence-corrected chi connectivity index (χ0v) is 41.8. The van der Waals surface area contributed by atoms with E-state index in [4.69, 9.17) is 14.2 Å². The Morgan fingerprint density at radius 3 is 0.953 bits per heavy atom. The molecule has 0 heterocycles. The molecule has 0 amide bonds. The summed E-state index contributed by atoms with van der Waals surface area (Å²) in [5.41, 5.74) is 0. The highest BCUT2D eigenvalue weighted by Crippen LogP contribution is 2.15. The first-order valence-corrected chi connectivity index (χ1v) is 26.6. The molecule has 0 bridgehead atoms. The van der Waals surface area contributed by atoms with Crippen LogP contribution in [0.1, 0.15) is 245 Å². The standard InChI is InChI=1S/C58H98O6/c1-4-7-10-13-16-19-21-23-25-26-27-28-29-30-31-32-34-35-37-39-42-45-48-51-57(60)63-54-55(53-62-56(59)50-47-44-41-18-15-12-9-6-3)64-58(61)52-49-46-43-40-38-36-33-24-22-20-17-14-11-8-5-2/h7-8,10-11,16-17,19-20,23-25,27-28,33,55H,4-6,9,12-15,18,21-22,26,29-32,34-54H2,1-3H3/b10-7-,11-8-,19-16-,20-17-,25-23-,28-27-,33-24-. The fourth-order valence-corrected chi connectivity index (χ4v) is 7.21. The van der Waals surface area contributed by atoms with Gasteiger partial charge in [0.25, 0.3) is 0 Å². The normalized spacial score (nSPS) is 12.7. The molecule has 0 aliphatic heterocycles. The number of unbranched alkanes of at least 4 members (excludes halogenated alkanes) is 22. The molecule has 6 nitrogen and oxygen atoms in total. The smallest absolute Gasteiger partial charge is 0.306 e. The molecule has 0 aliphatic carbocycles. The lowest BCUT2D eigenvalue weighted by Gasteiger charge is -2.18. The maximum atomic E-state index is 12.8. The van der Waals surface area contributed by atoms with Gasteiger partial charge in [-0.1, -0.05) is 221 Å². The predicted molar refractivity (Wildman–Crippen MR) is 274 cm³/mol. The van der Waals surface area contributed by atoms with E-state index in [2.05, 4.69) is 106 Å². The summed E-state index contributed by atoms with van der Waals surface area (Å²) < 4.78 is 16.8.